The van der Waals surface area contributed by atoms with Crippen molar-refractivity contribution in [1.82, 2.24) is 20.5 Å². The van der Waals surface area contributed by atoms with Crippen LogP contribution in [0.4, 0.5) is 4.79 Å². The van der Waals surface area contributed by atoms with Crippen molar-refractivity contribution in [3.63, 3.8) is 0 Å². The van der Waals surface area contributed by atoms with Crippen LogP contribution in [-0.2, 0) is 19.2 Å². The molecule has 2 fully saturated rings. The smallest absolute Gasteiger partial charge is 0.316 e. The highest BCUT2D eigenvalue weighted by Gasteiger charge is 2.69. The number of fused-ring (bicyclic) bond motifs is 1. The molecule has 1 aliphatic carbocycles. The Bertz CT molecular complexity index is 1300. The highest BCUT2D eigenvalue weighted by molar-refractivity contribution is 7.11. The SMILES string of the molecule is C=CCCC(=O)C(=O)C(CCC)CC(=O)[C@@H]1[C@@H]2[C@H](CN1C(=O)[C@@H](NC(=O)N[C@H](C(=O)c1nccs1)C(C)C)C(C)(C)C)C2(C)C. The van der Waals surface area contributed by atoms with E-state index < -0.39 is 47.1 Å². The Labute approximate surface area is 271 Å². The second kappa shape index (κ2) is 14.5. The van der Waals surface area contributed by atoms with Crippen LogP contribution in [-0.4, -0.2) is 69.6 Å². The molecule has 0 spiro atoms. The van der Waals surface area contributed by atoms with Gasteiger partial charge in [-0.2, -0.15) is 0 Å². The first-order valence-corrected chi connectivity index (χ1v) is 16.9. The number of hydrogen-bond donors (Lipinski definition) is 2. The number of thiazole rings is 1. The number of ketones is 4. The number of nitrogens with zero attached hydrogens (tertiary/aromatic N) is 2. The Morgan fingerprint density at radius 1 is 1.16 bits per heavy atom. The minimum Gasteiger partial charge on any atom is -0.330 e. The van der Waals surface area contributed by atoms with E-state index in [-0.39, 0.29) is 53.5 Å². The van der Waals surface area contributed by atoms with Gasteiger partial charge in [0, 0.05) is 36.9 Å². The van der Waals surface area contributed by atoms with Crippen LogP contribution in [0.25, 0.3) is 0 Å². The number of amides is 3. The van der Waals surface area contributed by atoms with Gasteiger partial charge in [0.1, 0.15) is 6.04 Å². The van der Waals surface area contributed by atoms with Gasteiger partial charge in [0.2, 0.25) is 17.5 Å². The lowest BCUT2D eigenvalue weighted by molar-refractivity contribution is -0.144. The van der Waals surface area contributed by atoms with Crippen molar-refractivity contribution in [1.29, 1.82) is 0 Å². The molecule has 1 aromatic heterocycles. The molecule has 10 nitrogen and oxygen atoms in total. The lowest BCUT2D eigenvalue weighted by Gasteiger charge is -2.38. The number of urea groups is 1. The molecule has 248 valence electrons. The summed E-state index contributed by atoms with van der Waals surface area (Å²) in [5.41, 5.74) is -0.876. The molecule has 1 aromatic rings. The number of aromatic nitrogens is 1. The van der Waals surface area contributed by atoms with Gasteiger partial charge in [0.15, 0.2) is 16.6 Å². The van der Waals surface area contributed by atoms with Crippen LogP contribution in [0.1, 0.15) is 97.3 Å². The quantitative estimate of drug-likeness (QED) is 0.146. The summed E-state index contributed by atoms with van der Waals surface area (Å²) >= 11 is 1.20. The Hall–Kier alpha value is -3.21. The molecule has 45 heavy (non-hydrogen) atoms. The monoisotopic (exact) mass is 642 g/mol. The predicted octanol–water partition coefficient (Wildman–Crippen LogP) is 5.03. The highest BCUT2D eigenvalue weighted by Crippen LogP contribution is 2.65. The van der Waals surface area contributed by atoms with Gasteiger partial charge in [0.25, 0.3) is 0 Å². The number of carbonyl (C=O) groups excluding carboxylic acids is 6. The molecule has 0 bridgehead atoms. The summed E-state index contributed by atoms with van der Waals surface area (Å²) < 4.78 is 0. The summed E-state index contributed by atoms with van der Waals surface area (Å²) in [5, 5.41) is 7.55. The maximum atomic E-state index is 14.3. The molecule has 1 saturated carbocycles. The van der Waals surface area contributed by atoms with Crippen molar-refractivity contribution >= 4 is 46.4 Å². The van der Waals surface area contributed by atoms with Gasteiger partial charge < -0.3 is 15.5 Å². The molecule has 0 radical (unpaired) electrons. The van der Waals surface area contributed by atoms with Gasteiger partial charge in [-0.15, -0.1) is 17.9 Å². The summed E-state index contributed by atoms with van der Waals surface area (Å²) in [6.07, 6.45) is 4.52. The van der Waals surface area contributed by atoms with Crippen LogP contribution in [0.5, 0.6) is 0 Å². The number of piperidine rings is 1. The fraction of sp³-hybridized carbons (Fsp3) is 0.676. The summed E-state index contributed by atoms with van der Waals surface area (Å²) in [6, 6.07) is -3.25. The third-order valence-electron chi connectivity index (χ3n) is 9.39. The maximum absolute atomic E-state index is 14.3. The van der Waals surface area contributed by atoms with E-state index in [0.29, 0.717) is 30.8 Å². The highest BCUT2D eigenvalue weighted by atomic mass is 32.1. The Kier molecular flexibility index (Phi) is 11.7. The fourth-order valence-electron chi connectivity index (χ4n) is 6.65. The zero-order valence-electron chi connectivity index (χ0n) is 28.0. The second-order valence-electron chi connectivity index (χ2n) is 14.5. The lowest BCUT2D eigenvalue weighted by Crippen LogP contribution is -2.61. The topological polar surface area (TPSA) is 143 Å². The molecule has 6 atom stereocenters. The third kappa shape index (κ3) is 8.15. The molecule has 3 rings (SSSR count). The molecular formula is C34H50N4O6S. The summed E-state index contributed by atoms with van der Waals surface area (Å²) in [4.78, 5) is 85.9. The number of likely N-dealkylation sites (tertiary alicyclic amines) is 1. The first kappa shape index (κ1) is 36.3. The van der Waals surface area contributed by atoms with Gasteiger partial charge in [-0.3, -0.25) is 24.0 Å². The molecule has 1 saturated heterocycles. The van der Waals surface area contributed by atoms with Crippen LogP contribution in [0.2, 0.25) is 0 Å². The van der Waals surface area contributed by atoms with Gasteiger partial charge in [-0.25, -0.2) is 9.78 Å². The standard InChI is InChI=1S/C34H50N4O6S/c1-10-12-14-22(39)27(41)20(13-11-2)17-23(40)26-24-21(34(24,8)9)18-38(26)31(43)29(33(5,6)7)37-32(44)36-25(19(3)4)28(42)30-35-15-16-45-30/h10,15-16,19-21,24-26,29H,1,11-14,17-18H2,2-9H3,(H2,36,37,44)/t20?,21-,24-,25-,26+,29+/m0/s1. The van der Waals surface area contributed by atoms with Gasteiger partial charge >= 0.3 is 6.03 Å². The van der Waals surface area contributed by atoms with Crippen molar-refractivity contribution in [2.24, 2.45) is 34.5 Å². The molecule has 1 unspecified atom stereocenters. The molecule has 2 N–H and O–H groups in total. The maximum Gasteiger partial charge on any atom is 0.316 e. The van der Waals surface area contributed by atoms with Gasteiger partial charge in [-0.1, -0.05) is 67.9 Å². The van der Waals surface area contributed by atoms with Crippen LogP contribution in [0, 0.1) is 34.5 Å². The van der Waals surface area contributed by atoms with Crippen LogP contribution >= 0.6 is 11.3 Å². The van der Waals surface area contributed by atoms with E-state index in [4.69, 9.17) is 0 Å². The predicted molar refractivity (Wildman–Crippen MR) is 174 cm³/mol. The van der Waals surface area contributed by atoms with Crippen LogP contribution in [0.15, 0.2) is 24.2 Å². The third-order valence-corrected chi connectivity index (χ3v) is 10.2. The van der Waals surface area contributed by atoms with Crippen molar-refractivity contribution < 1.29 is 28.8 Å². The first-order valence-electron chi connectivity index (χ1n) is 16.0. The van der Waals surface area contributed by atoms with Crippen molar-refractivity contribution in [2.75, 3.05) is 6.54 Å². The normalized spacial score (nSPS) is 22.2. The van der Waals surface area contributed by atoms with Crippen molar-refractivity contribution in [3.8, 4) is 0 Å². The van der Waals surface area contributed by atoms with E-state index in [9.17, 15) is 28.8 Å². The largest absolute Gasteiger partial charge is 0.330 e. The number of hydrogen-bond acceptors (Lipinski definition) is 8. The van der Waals surface area contributed by atoms with Gasteiger partial charge in [-0.05, 0) is 41.4 Å². The molecule has 11 heteroatoms. The molecule has 1 aliphatic heterocycles. The number of nitrogens with one attached hydrogen (secondary N) is 2. The number of Topliss-reactive ketones (excluding diaryl/α,β-unsaturated/α-hetero) is 4. The summed E-state index contributed by atoms with van der Waals surface area (Å²) in [5.74, 6) is -2.87. The summed E-state index contributed by atoms with van der Waals surface area (Å²) in [6.45, 7) is 19.2. The van der Waals surface area contributed by atoms with E-state index in [2.05, 4.69) is 36.0 Å². The minimum atomic E-state index is -0.996. The number of rotatable bonds is 16. The zero-order chi connectivity index (χ0) is 33.9. The van der Waals surface area contributed by atoms with Crippen molar-refractivity contribution in [2.45, 2.75) is 106 Å². The average molecular weight is 643 g/mol. The van der Waals surface area contributed by atoms with E-state index >= 15 is 0 Å². The first-order chi connectivity index (χ1) is 21.0. The molecule has 3 amide bonds. The Balaban J connectivity index is 1.82. The molecule has 0 aromatic carbocycles. The van der Waals surface area contributed by atoms with E-state index in [1.165, 1.54) is 17.5 Å². The van der Waals surface area contributed by atoms with E-state index in [0.717, 1.165) is 0 Å². The van der Waals surface area contributed by atoms with E-state index in [1.54, 1.807) is 16.4 Å². The molecular weight excluding hydrogens is 592 g/mol. The second-order valence-corrected chi connectivity index (χ2v) is 15.4. The van der Waals surface area contributed by atoms with E-state index in [1.807, 2.05) is 41.5 Å². The average Bonchev–Trinajstić information content (AvgIpc) is 3.42. The number of carbonyl (C=O) groups is 6. The lowest BCUT2D eigenvalue weighted by atomic mass is 9.84. The zero-order valence-corrected chi connectivity index (χ0v) is 28.8. The summed E-state index contributed by atoms with van der Waals surface area (Å²) in [7, 11) is 0. The van der Waals surface area contributed by atoms with Crippen LogP contribution in [0.3, 0.4) is 0 Å². The molecule has 2 aliphatic rings. The fourth-order valence-corrected chi connectivity index (χ4v) is 7.26. The van der Waals surface area contributed by atoms with Gasteiger partial charge in [0.05, 0.1) is 12.1 Å². The Morgan fingerprint density at radius 3 is 2.36 bits per heavy atom. The Morgan fingerprint density at radius 2 is 1.82 bits per heavy atom. The van der Waals surface area contributed by atoms with Crippen LogP contribution < -0.4 is 10.6 Å². The minimum absolute atomic E-state index is 0.0661. The van der Waals surface area contributed by atoms with Crippen molar-refractivity contribution in [3.05, 3.63) is 29.2 Å². The number of allylic oxidation sites excluding steroid dienone is 1. The molecule has 2 heterocycles.